The van der Waals surface area contributed by atoms with Gasteiger partial charge in [-0.2, -0.15) is 0 Å². The van der Waals surface area contributed by atoms with Crippen LogP contribution in [-0.2, 0) is 4.74 Å². The van der Waals surface area contributed by atoms with Crippen molar-refractivity contribution in [1.82, 2.24) is 5.32 Å². The monoisotopic (exact) mass is 280 g/mol. The van der Waals surface area contributed by atoms with E-state index in [1.54, 1.807) is 20.1 Å². The first-order valence-electron chi connectivity index (χ1n) is 6.38. The summed E-state index contributed by atoms with van der Waals surface area (Å²) in [7, 11) is 1.57. The number of carboxylic acid groups (broad SMARTS) is 1. The first-order chi connectivity index (χ1) is 9.47. The van der Waals surface area contributed by atoms with Crippen LogP contribution in [0.4, 0.5) is 10.5 Å². The second kappa shape index (κ2) is 7.49. The van der Waals surface area contributed by atoms with Crippen LogP contribution in [0.1, 0.15) is 29.3 Å². The lowest BCUT2D eigenvalue weighted by molar-refractivity contribution is 0.0697. The SMILES string of the molecule is CCC(COC)NC(=O)Nc1cc(C(=O)O)ccc1C. The Morgan fingerprint density at radius 1 is 1.40 bits per heavy atom. The number of anilines is 1. The Kier molecular flexibility index (Phi) is 5.99. The molecule has 2 amide bonds. The van der Waals surface area contributed by atoms with Crippen molar-refractivity contribution < 1.29 is 19.4 Å². The molecule has 0 fully saturated rings. The van der Waals surface area contributed by atoms with E-state index in [9.17, 15) is 9.59 Å². The van der Waals surface area contributed by atoms with E-state index < -0.39 is 5.97 Å². The molecular formula is C14H20N2O4. The molecule has 6 heteroatoms. The largest absolute Gasteiger partial charge is 0.478 e. The number of aryl methyl sites for hydroxylation is 1. The molecular weight excluding hydrogens is 260 g/mol. The number of benzene rings is 1. The molecule has 0 bridgehead atoms. The Hall–Kier alpha value is -2.08. The Balaban J connectivity index is 2.74. The van der Waals surface area contributed by atoms with Gasteiger partial charge >= 0.3 is 12.0 Å². The minimum Gasteiger partial charge on any atom is -0.478 e. The molecule has 0 aliphatic carbocycles. The number of nitrogens with one attached hydrogen (secondary N) is 2. The molecule has 0 radical (unpaired) electrons. The maximum absolute atomic E-state index is 11.9. The molecule has 1 rings (SSSR count). The third kappa shape index (κ3) is 4.55. The van der Waals surface area contributed by atoms with Crippen molar-refractivity contribution in [2.75, 3.05) is 19.0 Å². The number of urea groups is 1. The highest BCUT2D eigenvalue weighted by Gasteiger charge is 2.12. The second-order valence-electron chi connectivity index (χ2n) is 4.49. The lowest BCUT2D eigenvalue weighted by Gasteiger charge is -2.17. The van der Waals surface area contributed by atoms with E-state index in [0.29, 0.717) is 12.3 Å². The van der Waals surface area contributed by atoms with Crippen molar-refractivity contribution in [3.8, 4) is 0 Å². The molecule has 0 aliphatic heterocycles. The van der Waals surface area contributed by atoms with Gasteiger partial charge in [0.1, 0.15) is 0 Å². The van der Waals surface area contributed by atoms with E-state index in [-0.39, 0.29) is 17.6 Å². The number of carboxylic acids is 1. The lowest BCUT2D eigenvalue weighted by atomic mass is 10.1. The number of amides is 2. The maximum Gasteiger partial charge on any atom is 0.335 e. The third-order valence-corrected chi connectivity index (χ3v) is 2.93. The van der Waals surface area contributed by atoms with Gasteiger partial charge in [0.15, 0.2) is 0 Å². The summed E-state index contributed by atoms with van der Waals surface area (Å²) in [6.45, 7) is 4.17. The topological polar surface area (TPSA) is 87.7 Å². The predicted molar refractivity (Wildman–Crippen MR) is 76.2 cm³/mol. The fraction of sp³-hybridized carbons (Fsp3) is 0.429. The highest BCUT2D eigenvalue weighted by atomic mass is 16.5. The molecule has 0 aromatic heterocycles. The molecule has 1 unspecified atom stereocenters. The average Bonchev–Trinajstić information content (AvgIpc) is 2.40. The van der Waals surface area contributed by atoms with Crippen LogP contribution in [0.3, 0.4) is 0 Å². The zero-order chi connectivity index (χ0) is 15.1. The Bertz CT molecular complexity index is 488. The predicted octanol–water partition coefficient (Wildman–Crippen LogP) is 2.24. The minimum atomic E-state index is -1.03. The summed E-state index contributed by atoms with van der Waals surface area (Å²) in [6, 6.07) is 4.14. The molecule has 0 saturated carbocycles. The summed E-state index contributed by atoms with van der Waals surface area (Å²) in [5.41, 5.74) is 1.41. The van der Waals surface area contributed by atoms with Crippen molar-refractivity contribution in [2.24, 2.45) is 0 Å². The molecule has 1 aromatic carbocycles. The van der Waals surface area contributed by atoms with E-state index in [1.807, 2.05) is 6.92 Å². The van der Waals surface area contributed by atoms with Crippen LogP contribution in [0.2, 0.25) is 0 Å². The maximum atomic E-state index is 11.9. The Morgan fingerprint density at radius 3 is 2.65 bits per heavy atom. The van der Waals surface area contributed by atoms with Crippen LogP contribution in [-0.4, -0.2) is 36.9 Å². The number of hydrogen-bond donors (Lipinski definition) is 3. The number of carbonyl (C=O) groups excluding carboxylic acids is 1. The van der Waals surface area contributed by atoms with Gasteiger partial charge < -0.3 is 20.5 Å². The van der Waals surface area contributed by atoms with E-state index in [4.69, 9.17) is 9.84 Å². The summed E-state index contributed by atoms with van der Waals surface area (Å²) in [5.74, 6) is -1.03. The van der Waals surface area contributed by atoms with Gasteiger partial charge in [0.05, 0.1) is 18.2 Å². The molecule has 0 aliphatic rings. The van der Waals surface area contributed by atoms with Crippen LogP contribution in [0.15, 0.2) is 18.2 Å². The van der Waals surface area contributed by atoms with Gasteiger partial charge in [-0.15, -0.1) is 0 Å². The van der Waals surface area contributed by atoms with Crippen molar-refractivity contribution in [3.05, 3.63) is 29.3 Å². The van der Waals surface area contributed by atoms with Crippen molar-refractivity contribution in [2.45, 2.75) is 26.3 Å². The first kappa shape index (κ1) is 16.0. The van der Waals surface area contributed by atoms with Gasteiger partial charge in [-0.3, -0.25) is 0 Å². The lowest BCUT2D eigenvalue weighted by Crippen LogP contribution is -2.40. The molecule has 0 heterocycles. The van der Waals surface area contributed by atoms with Crippen molar-refractivity contribution in [3.63, 3.8) is 0 Å². The third-order valence-electron chi connectivity index (χ3n) is 2.93. The van der Waals surface area contributed by atoms with E-state index in [0.717, 1.165) is 12.0 Å². The van der Waals surface area contributed by atoms with Crippen LogP contribution in [0.5, 0.6) is 0 Å². The first-order valence-corrected chi connectivity index (χ1v) is 6.38. The van der Waals surface area contributed by atoms with Gasteiger partial charge in [0.25, 0.3) is 0 Å². The summed E-state index contributed by atoms with van der Waals surface area (Å²) < 4.78 is 5.00. The van der Waals surface area contributed by atoms with Crippen molar-refractivity contribution in [1.29, 1.82) is 0 Å². The Morgan fingerprint density at radius 2 is 2.10 bits per heavy atom. The quantitative estimate of drug-likeness (QED) is 0.745. The molecule has 6 nitrogen and oxygen atoms in total. The van der Waals surface area contributed by atoms with Gasteiger partial charge in [-0.1, -0.05) is 13.0 Å². The van der Waals surface area contributed by atoms with Gasteiger partial charge in [0.2, 0.25) is 0 Å². The average molecular weight is 280 g/mol. The molecule has 110 valence electrons. The molecule has 0 saturated heterocycles. The van der Waals surface area contributed by atoms with Crippen LogP contribution in [0, 0.1) is 6.92 Å². The fourth-order valence-electron chi connectivity index (χ4n) is 1.70. The minimum absolute atomic E-state index is 0.0806. The summed E-state index contributed by atoms with van der Waals surface area (Å²) >= 11 is 0. The Labute approximate surface area is 118 Å². The van der Waals surface area contributed by atoms with Gasteiger partial charge in [-0.25, -0.2) is 9.59 Å². The molecule has 0 spiro atoms. The molecule has 20 heavy (non-hydrogen) atoms. The normalized spacial score (nSPS) is 11.8. The standard InChI is InChI=1S/C14H20N2O4/c1-4-11(8-20-3)15-14(19)16-12-7-10(13(17)18)6-5-9(12)2/h5-7,11H,4,8H2,1-3H3,(H,17,18)(H2,15,16,19). The number of ether oxygens (including phenoxy) is 1. The van der Waals surface area contributed by atoms with E-state index in [1.165, 1.54) is 12.1 Å². The van der Waals surface area contributed by atoms with Crippen LogP contribution >= 0.6 is 0 Å². The summed E-state index contributed by atoms with van der Waals surface area (Å²) in [5, 5.41) is 14.4. The summed E-state index contributed by atoms with van der Waals surface area (Å²) in [4.78, 5) is 22.8. The van der Waals surface area contributed by atoms with Crippen molar-refractivity contribution >= 4 is 17.7 Å². The number of aromatic carboxylic acids is 1. The summed E-state index contributed by atoms with van der Waals surface area (Å²) in [6.07, 6.45) is 0.745. The van der Waals surface area contributed by atoms with Crippen LogP contribution in [0.25, 0.3) is 0 Å². The molecule has 1 aromatic rings. The number of carbonyl (C=O) groups is 2. The second-order valence-corrected chi connectivity index (χ2v) is 4.49. The number of methoxy groups -OCH3 is 1. The zero-order valence-electron chi connectivity index (χ0n) is 11.9. The van der Waals surface area contributed by atoms with Crippen LogP contribution < -0.4 is 10.6 Å². The number of hydrogen-bond acceptors (Lipinski definition) is 3. The van der Waals surface area contributed by atoms with E-state index >= 15 is 0 Å². The zero-order valence-corrected chi connectivity index (χ0v) is 11.9. The fourth-order valence-corrected chi connectivity index (χ4v) is 1.70. The highest BCUT2D eigenvalue weighted by molar-refractivity contribution is 5.94. The van der Waals surface area contributed by atoms with Gasteiger partial charge in [-0.05, 0) is 31.0 Å². The molecule has 1 atom stereocenters. The highest BCUT2D eigenvalue weighted by Crippen LogP contribution is 2.16. The number of rotatable bonds is 6. The smallest absolute Gasteiger partial charge is 0.335 e. The van der Waals surface area contributed by atoms with Gasteiger partial charge in [0, 0.05) is 12.8 Å². The van der Waals surface area contributed by atoms with E-state index in [2.05, 4.69) is 10.6 Å². The molecule has 3 N–H and O–H groups in total.